The smallest absolute Gasteiger partial charge is 0.308 e. The van der Waals surface area contributed by atoms with E-state index in [1.165, 1.54) is 19.2 Å². The highest BCUT2D eigenvalue weighted by Crippen LogP contribution is 2.48. The highest BCUT2D eigenvalue weighted by atomic mass is 35.5. The molecule has 0 bridgehead atoms. The van der Waals surface area contributed by atoms with Crippen LogP contribution in [0.1, 0.15) is 23.5 Å². The largest absolute Gasteiger partial charge is 0.416 e. The van der Waals surface area contributed by atoms with Gasteiger partial charge in [-0.2, -0.15) is 18.3 Å². The Hall–Kier alpha value is -2.06. The van der Waals surface area contributed by atoms with Crippen molar-refractivity contribution >= 4 is 34.9 Å². The number of hydrogen-bond acceptors (Lipinski definition) is 3. The van der Waals surface area contributed by atoms with E-state index in [0.717, 1.165) is 16.8 Å². The lowest BCUT2D eigenvalue weighted by Gasteiger charge is -2.09. The second-order valence-electron chi connectivity index (χ2n) is 5.96. The minimum atomic E-state index is -4.40. The first-order valence-corrected chi connectivity index (χ1v) is 8.25. The van der Waals surface area contributed by atoms with E-state index in [9.17, 15) is 22.8 Å². The van der Waals surface area contributed by atoms with Gasteiger partial charge < -0.3 is 5.32 Å². The van der Waals surface area contributed by atoms with Gasteiger partial charge in [-0.1, -0.05) is 35.3 Å². The standard InChI is InChI=1S/C16H12Cl2F3N3O2/c1-24-15(26)12(18)11(17)13(23-24)22-14(25)10-6-9(10)7-2-4-8(5-3-7)16(19,20)21/h2-5,9-10H,6H2,1H3,(H,22,23,25)/t9-,10-/m0/s1. The summed E-state index contributed by atoms with van der Waals surface area (Å²) in [4.78, 5) is 23.9. The molecule has 26 heavy (non-hydrogen) atoms. The van der Waals surface area contributed by atoms with E-state index in [2.05, 4.69) is 10.4 Å². The molecule has 1 aromatic carbocycles. The molecule has 1 fully saturated rings. The molecule has 0 unspecified atom stereocenters. The lowest BCUT2D eigenvalue weighted by molar-refractivity contribution is -0.137. The molecule has 5 nitrogen and oxygen atoms in total. The van der Waals surface area contributed by atoms with Gasteiger partial charge in [-0.15, -0.1) is 0 Å². The Morgan fingerprint density at radius 1 is 1.23 bits per heavy atom. The third-order valence-corrected chi connectivity index (χ3v) is 4.98. The quantitative estimate of drug-likeness (QED) is 0.843. The number of amides is 1. The zero-order valence-corrected chi connectivity index (χ0v) is 14.8. The van der Waals surface area contributed by atoms with Crippen LogP contribution in [0.2, 0.25) is 10.0 Å². The Morgan fingerprint density at radius 2 is 1.85 bits per heavy atom. The first-order valence-electron chi connectivity index (χ1n) is 7.50. The van der Waals surface area contributed by atoms with Crippen LogP contribution in [0.4, 0.5) is 19.0 Å². The van der Waals surface area contributed by atoms with Crippen molar-refractivity contribution in [2.45, 2.75) is 18.5 Å². The molecule has 1 amide bonds. The lowest BCUT2D eigenvalue weighted by atomic mass is 10.1. The first-order chi connectivity index (χ1) is 12.1. The molecule has 0 radical (unpaired) electrons. The van der Waals surface area contributed by atoms with Gasteiger partial charge in [0, 0.05) is 13.0 Å². The molecular weight excluding hydrogens is 394 g/mol. The van der Waals surface area contributed by atoms with Crippen molar-refractivity contribution in [3.63, 3.8) is 0 Å². The van der Waals surface area contributed by atoms with Gasteiger partial charge in [-0.05, 0) is 30.0 Å². The van der Waals surface area contributed by atoms with Gasteiger partial charge in [0.05, 0.1) is 5.56 Å². The fourth-order valence-electron chi connectivity index (χ4n) is 2.64. The molecule has 0 aliphatic heterocycles. The number of carbonyl (C=O) groups excluding carboxylic acids is 1. The number of hydrogen-bond donors (Lipinski definition) is 1. The molecule has 1 aromatic heterocycles. The monoisotopic (exact) mass is 405 g/mol. The number of carbonyl (C=O) groups is 1. The number of alkyl halides is 3. The van der Waals surface area contributed by atoms with Crippen molar-refractivity contribution in [1.82, 2.24) is 9.78 Å². The van der Waals surface area contributed by atoms with Crippen LogP contribution in [0.3, 0.4) is 0 Å². The highest BCUT2D eigenvalue weighted by molar-refractivity contribution is 6.43. The number of nitrogens with one attached hydrogen (secondary N) is 1. The zero-order chi connectivity index (χ0) is 19.2. The lowest BCUT2D eigenvalue weighted by Crippen LogP contribution is -2.24. The topological polar surface area (TPSA) is 64.0 Å². The van der Waals surface area contributed by atoms with Crippen molar-refractivity contribution in [2.24, 2.45) is 13.0 Å². The zero-order valence-electron chi connectivity index (χ0n) is 13.3. The minimum absolute atomic E-state index is 0.0400. The van der Waals surface area contributed by atoms with Crippen LogP contribution in [0.25, 0.3) is 0 Å². The molecule has 1 saturated carbocycles. The Kier molecular flexibility index (Phi) is 4.74. The van der Waals surface area contributed by atoms with Crippen molar-refractivity contribution in [3.05, 3.63) is 55.8 Å². The summed E-state index contributed by atoms with van der Waals surface area (Å²) < 4.78 is 38.7. The summed E-state index contributed by atoms with van der Waals surface area (Å²) in [5.41, 5.74) is -0.682. The normalized spacial score (nSPS) is 19.3. The molecule has 1 aliphatic rings. The summed E-state index contributed by atoms with van der Waals surface area (Å²) >= 11 is 11.7. The van der Waals surface area contributed by atoms with E-state index in [1.54, 1.807) is 0 Å². The van der Waals surface area contributed by atoms with Gasteiger partial charge in [0.1, 0.15) is 10.0 Å². The number of anilines is 1. The minimum Gasteiger partial charge on any atom is -0.308 e. The molecular formula is C16H12Cl2F3N3O2. The molecule has 2 aromatic rings. The number of aryl methyl sites for hydroxylation is 1. The SMILES string of the molecule is Cn1nc(NC(=O)[C@H]2C[C@H]2c2ccc(C(F)(F)F)cc2)c(Cl)c(Cl)c1=O. The Morgan fingerprint density at radius 3 is 2.42 bits per heavy atom. The second kappa shape index (κ2) is 6.59. The van der Waals surface area contributed by atoms with Gasteiger partial charge in [-0.25, -0.2) is 4.68 Å². The Balaban J connectivity index is 1.71. The van der Waals surface area contributed by atoms with E-state index in [-0.39, 0.29) is 27.7 Å². The molecule has 0 saturated heterocycles. The molecule has 2 atom stereocenters. The maximum absolute atomic E-state index is 12.6. The van der Waals surface area contributed by atoms with E-state index in [1.807, 2.05) is 0 Å². The van der Waals surface area contributed by atoms with Gasteiger partial charge in [-0.3, -0.25) is 9.59 Å². The van der Waals surface area contributed by atoms with Crippen molar-refractivity contribution in [2.75, 3.05) is 5.32 Å². The van der Waals surface area contributed by atoms with E-state index in [0.29, 0.717) is 12.0 Å². The number of nitrogens with zero attached hydrogens (tertiary/aromatic N) is 2. The molecule has 138 valence electrons. The predicted molar refractivity (Wildman–Crippen MR) is 90.4 cm³/mol. The fraction of sp³-hybridized carbons (Fsp3) is 0.312. The number of rotatable bonds is 3. The summed E-state index contributed by atoms with van der Waals surface area (Å²) in [6.45, 7) is 0. The Bertz CT molecular complexity index is 926. The summed E-state index contributed by atoms with van der Waals surface area (Å²) in [7, 11) is 1.36. The summed E-state index contributed by atoms with van der Waals surface area (Å²) in [6.07, 6.45) is -3.90. The summed E-state index contributed by atoms with van der Waals surface area (Å²) in [5.74, 6) is -1.03. The van der Waals surface area contributed by atoms with Crippen LogP contribution in [0, 0.1) is 5.92 Å². The van der Waals surface area contributed by atoms with E-state index in [4.69, 9.17) is 23.2 Å². The summed E-state index contributed by atoms with van der Waals surface area (Å²) in [5, 5.41) is 5.95. The van der Waals surface area contributed by atoms with Crippen molar-refractivity contribution < 1.29 is 18.0 Å². The van der Waals surface area contributed by atoms with Crippen LogP contribution in [0.5, 0.6) is 0 Å². The van der Waals surface area contributed by atoms with E-state index >= 15 is 0 Å². The molecule has 10 heteroatoms. The van der Waals surface area contributed by atoms with Gasteiger partial charge in [0.25, 0.3) is 5.56 Å². The average molecular weight is 406 g/mol. The molecule has 3 rings (SSSR count). The Labute approximate surface area is 155 Å². The third-order valence-electron chi connectivity index (χ3n) is 4.17. The fourth-order valence-corrected chi connectivity index (χ4v) is 3.02. The molecule has 1 aliphatic carbocycles. The predicted octanol–water partition coefficient (Wildman–Crippen LogP) is 3.85. The third kappa shape index (κ3) is 3.57. The van der Waals surface area contributed by atoms with Crippen molar-refractivity contribution in [3.8, 4) is 0 Å². The van der Waals surface area contributed by atoms with Gasteiger partial charge >= 0.3 is 6.18 Å². The number of aromatic nitrogens is 2. The van der Waals surface area contributed by atoms with Crippen LogP contribution in [0.15, 0.2) is 29.1 Å². The first kappa shape index (κ1) is 18.7. The highest BCUT2D eigenvalue weighted by Gasteiger charge is 2.44. The second-order valence-corrected chi connectivity index (χ2v) is 6.72. The maximum Gasteiger partial charge on any atom is 0.416 e. The van der Waals surface area contributed by atoms with Crippen LogP contribution < -0.4 is 10.9 Å². The molecule has 0 spiro atoms. The van der Waals surface area contributed by atoms with Crippen molar-refractivity contribution in [1.29, 1.82) is 0 Å². The van der Waals surface area contributed by atoms with Crippen LogP contribution >= 0.6 is 23.2 Å². The van der Waals surface area contributed by atoms with Gasteiger partial charge in [0.2, 0.25) is 5.91 Å². The molecule has 1 heterocycles. The average Bonchev–Trinajstić information content (AvgIpc) is 3.38. The van der Waals surface area contributed by atoms with Gasteiger partial charge in [0.15, 0.2) is 5.82 Å². The van der Waals surface area contributed by atoms with Crippen LogP contribution in [-0.2, 0) is 18.0 Å². The summed E-state index contributed by atoms with van der Waals surface area (Å²) in [6, 6.07) is 4.73. The van der Waals surface area contributed by atoms with Crippen LogP contribution in [-0.4, -0.2) is 15.7 Å². The number of halogens is 5. The van der Waals surface area contributed by atoms with E-state index < -0.39 is 23.2 Å². The molecule has 1 N–H and O–H groups in total. The number of benzene rings is 1. The maximum atomic E-state index is 12.6.